The van der Waals surface area contributed by atoms with Gasteiger partial charge < -0.3 is 9.92 Å². The molecule has 7 heteroatoms. The predicted molar refractivity (Wildman–Crippen MR) is 133 cm³/mol. The molecule has 0 bridgehead atoms. The van der Waals surface area contributed by atoms with Gasteiger partial charge in [-0.25, -0.2) is 0 Å². The topological polar surface area (TPSA) is 52.3 Å². The third-order valence-corrected chi connectivity index (χ3v) is 13.0. The molecule has 5 aliphatic carbocycles. The van der Waals surface area contributed by atoms with Gasteiger partial charge >= 0.3 is 5.51 Å². The Bertz CT molecular complexity index is 934. The molecule has 0 aromatic heterocycles. The second-order valence-corrected chi connectivity index (χ2v) is 14.6. The lowest BCUT2D eigenvalue weighted by Crippen LogP contribution is -2.65. The lowest BCUT2D eigenvalue weighted by atomic mass is 9.33. The van der Waals surface area contributed by atoms with Gasteiger partial charge in [-0.15, -0.1) is 0 Å². The minimum absolute atomic E-state index is 0.0220. The van der Waals surface area contributed by atoms with E-state index < -0.39 is 10.9 Å². The van der Waals surface area contributed by atoms with E-state index in [0.717, 1.165) is 64.2 Å². The third kappa shape index (κ3) is 3.41. The van der Waals surface area contributed by atoms with Crippen molar-refractivity contribution in [3.8, 4) is 0 Å². The molecule has 4 saturated carbocycles. The van der Waals surface area contributed by atoms with Crippen molar-refractivity contribution in [2.24, 2.45) is 56.5 Å². The van der Waals surface area contributed by atoms with E-state index in [4.69, 9.17) is 9.92 Å². The molecular weight excluding hydrogens is 471 g/mol. The van der Waals surface area contributed by atoms with Crippen molar-refractivity contribution in [1.29, 1.82) is 0 Å². The summed E-state index contributed by atoms with van der Waals surface area (Å²) in [5, 5.41) is 0. The Labute approximate surface area is 212 Å². The summed E-state index contributed by atoms with van der Waals surface area (Å²) < 4.78 is 44.0. The molecule has 7 unspecified atom stereocenters. The van der Waals surface area contributed by atoms with Crippen LogP contribution < -0.4 is 5.73 Å². The molecule has 198 valence electrons. The number of allylic oxidation sites excluding steroid dienone is 2. The van der Waals surface area contributed by atoms with E-state index in [1.54, 1.807) is 0 Å². The molecule has 4 fully saturated rings. The fourth-order valence-electron chi connectivity index (χ4n) is 10.8. The molecule has 0 aliphatic heterocycles. The van der Waals surface area contributed by atoms with E-state index in [1.807, 2.05) is 6.08 Å². The van der Waals surface area contributed by atoms with Crippen LogP contribution in [0.2, 0.25) is 0 Å². The molecule has 8 atom stereocenters. The summed E-state index contributed by atoms with van der Waals surface area (Å²) in [5.74, 6) is 2.13. The molecule has 0 spiro atoms. The molecule has 0 aromatic rings. The van der Waals surface area contributed by atoms with Crippen molar-refractivity contribution >= 4 is 17.9 Å². The number of amides is 1. The summed E-state index contributed by atoms with van der Waals surface area (Å²) in [5.41, 5.74) is 1.23. The van der Waals surface area contributed by atoms with Gasteiger partial charge in [0.2, 0.25) is 5.91 Å². The van der Waals surface area contributed by atoms with Crippen molar-refractivity contribution in [3.63, 3.8) is 0 Å². The number of hydrogen-bond acceptors (Lipinski definition) is 3. The molecule has 3 nitrogen and oxygen atoms in total. The molecule has 1 amide bonds. The molecular formula is C28H42F3NO2S. The summed E-state index contributed by atoms with van der Waals surface area (Å²) in [4.78, 5) is 12.7. The van der Waals surface area contributed by atoms with Crippen LogP contribution in [0, 0.1) is 50.7 Å². The van der Waals surface area contributed by atoms with Crippen molar-refractivity contribution in [3.05, 3.63) is 11.8 Å². The van der Waals surface area contributed by atoms with Crippen LogP contribution in [0.5, 0.6) is 0 Å². The van der Waals surface area contributed by atoms with Crippen molar-refractivity contribution < 1.29 is 22.1 Å². The molecule has 0 radical (unpaired) electrons. The largest absolute Gasteiger partial charge is 0.479 e. The van der Waals surface area contributed by atoms with Crippen LogP contribution in [0.3, 0.4) is 0 Å². The highest BCUT2D eigenvalue weighted by atomic mass is 32.2. The Morgan fingerprint density at radius 2 is 1.66 bits per heavy atom. The molecule has 5 rings (SSSR count). The first-order valence-electron chi connectivity index (χ1n) is 13.5. The van der Waals surface area contributed by atoms with Crippen LogP contribution in [-0.2, 0) is 8.98 Å². The maximum atomic E-state index is 12.9. The number of primary amides is 1. The molecule has 2 N–H and O–H groups in total. The smallest absolute Gasteiger partial charge is 0.421 e. The molecule has 0 heterocycles. The van der Waals surface area contributed by atoms with Gasteiger partial charge in [0, 0.05) is 5.41 Å². The number of carbonyl (C=O) groups is 1. The van der Waals surface area contributed by atoms with Crippen molar-refractivity contribution in [1.82, 2.24) is 0 Å². The zero-order chi connectivity index (χ0) is 25.7. The van der Waals surface area contributed by atoms with E-state index in [-0.39, 0.29) is 45.5 Å². The van der Waals surface area contributed by atoms with Crippen molar-refractivity contribution in [2.75, 3.05) is 0 Å². The number of alkyl halides is 3. The highest BCUT2D eigenvalue weighted by Gasteiger charge is 2.70. The minimum Gasteiger partial charge on any atom is -0.421 e. The fourth-order valence-corrected chi connectivity index (χ4v) is 11.3. The van der Waals surface area contributed by atoms with Crippen LogP contribution in [-0.4, -0.2) is 11.4 Å². The maximum absolute atomic E-state index is 12.9. The second-order valence-electron chi connectivity index (χ2n) is 13.8. The minimum atomic E-state index is -4.41. The zero-order valence-corrected chi connectivity index (χ0v) is 22.7. The van der Waals surface area contributed by atoms with Gasteiger partial charge in [0.1, 0.15) is 5.76 Å². The normalized spacial score (nSPS) is 48.6. The summed E-state index contributed by atoms with van der Waals surface area (Å²) >= 11 is -0.378. The van der Waals surface area contributed by atoms with Crippen LogP contribution in [0.15, 0.2) is 11.8 Å². The molecule has 5 aliphatic rings. The average Bonchev–Trinajstić information content (AvgIpc) is 3.18. The first-order valence-corrected chi connectivity index (χ1v) is 14.3. The average molecular weight is 514 g/mol. The number of nitrogens with two attached hydrogens (primary N) is 1. The van der Waals surface area contributed by atoms with E-state index in [9.17, 15) is 18.0 Å². The number of hydrogen-bond donors (Lipinski definition) is 1. The van der Waals surface area contributed by atoms with Gasteiger partial charge in [0.25, 0.3) is 0 Å². The standard InChI is InChI=1S/C28H42F3NO2S/c1-23(2)19-10-14-26(5)20(24(19,3)13-11-21(23)34-35-28(29,30)31)9-8-17-18-7-6-12-27(18,22(32)33)16-15-25(17,26)4/h11,17-20H,6-10,12-16H2,1-5H3,(H2,32,33)/t17?,18?,19?,20?,24?,25-,26?,27?/m1/s1. The van der Waals surface area contributed by atoms with Crippen LogP contribution in [0.4, 0.5) is 13.2 Å². The van der Waals surface area contributed by atoms with E-state index in [0.29, 0.717) is 23.5 Å². The Kier molecular flexibility index (Phi) is 5.77. The van der Waals surface area contributed by atoms with Crippen LogP contribution in [0.1, 0.15) is 98.8 Å². The Hall–Kier alpha value is -0.850. The zero-order valence-electron chi connectivity index (χ0n) is 21.9. The van der Waals surface area contributed by atoms with Gasteiger partial charge in [-0.05, 0) is 104 Å². The Balaban J connectivity index is 1.47. The predicted octanol–water partition coefficient (Wildman–Crippen LogP) is 8.01. The second kappa shape index (κ2) is 7.83. The summed E-state index contributed by atoms with van der Waals surface area (Å²) in [6, 6.07) is 0. The van der Waals surface area contributed by atoms with Gasteiger partial charge in [-0.3, -0.25) is 4.79 Å². The summed E-state index contributed by atoms with van der Waals surface area (Å²) in [6.45, 7) is 11.6. The van der Waals surface area contributed by atoms with Gasteiger partial charge in [-0.2, -0.15) is 13.2 Å². The van der Waals surface area contributed by atoms with E-state index in [2.05, 4.69) is 34.6 Å². The first kappa shape index (κ1) is 25.8. The molecule has 0 aromatic carbocycles. The van der Waals surface area contributed by atoms with E-state index >= 15 is 0 Å². The summed E-state index contributed by atoms with van der Waals surface area (Å²) in [6.07, 6.45) is 12.2. The third-order valence-electron chi connectivity index (χ3n) is 12.6. The highest BCUT2D eigenvalue weighted by molar-refractivity contribution is 7.95. The maximum Gasteiger partial charge on any atom is 0.479 e. The Morgan fingerprint density at radius 1 is 0.943 bits per heavy atom. The van der Waals surface area contributed by atoms with E-state index in [1.165, 1.54) is 0 Å². The number of halogens is 3. The van der Waals surface area contributed by atoms with Gasteiger partial charge in [0.15, 0.2) is 12.0 Å². The Morgan fingerprint density at radius 3 is 2.31 bits per heavy atom. The number of rotatable bonds is 3. The number of carbonyl (C=O) groups excluding carboxylic acids is 1. The summed E-state index contributed by atoms with van der Waals surface area (Å²) in [7, 11) is 0. The van der Waals surface area contributed by atoms with Gasteiger partial charge in [-0.1, -0.05) is 41.0 Å². The molecule has 0 saturated heterocycles. The fraction of sp³-hybridized carbons (Fsp3) is 0.893. The molecule has 35 heavy (non-hydrogen) atoms. The lowest BCUT2D eigenvalue weighted by Gasteiger charge is -2.71. The number of fused-ring (bicyclic) bond motifs is 7. The highest BCUT2D eigenvalue weighted by Crippen LogP contribution is 2.76. The quantitative estimate of drug-likeness (QED) is 0.389. The monoisotopic (exact) mass is 513 g/mol. The van der Waals surface area contributed by atoms with Crippen LogP contribution >= 0.6 is 12.0 Å². The lowest BCUT2D eigenvalue weighted by molar-refractivity contribution is -0.225. The van der Waals surface area contributed by atoms with Crippen molar-refractivity contribution in [2.45, 2.75) is 104 Å². The first-order chi connectivity index (χ1) is 16.1. The van der Waals surface area contributed by atoms with Gasteiger partial charge in [0.05, 0.1) is 5.41 Å². The van der Waals surface area contributed by atoms with Crippen LogP contribution in [0.25, 0.3) is 0 Å². The SMILES string of the molecule is CC1(C)C(OSC(F)(F)F)=CCC2(C)C1CCC1(C)C2CCC2C3CCCC3(C(N)=O)CC[C@]21C.